The van der Waals surface area contributed by atoms with Crippen molar-refractivity contribution in [1.29, 1.82) is 0 Å². The number of benzene rings is 2. The third-order valence-electron chi connectivity index (χ3n) is 3.91. The van der Waals surface area contributed by atoms with Crippen LogP contribution in [0.2, 0.25) is 0 Å². The number of carbonyl (C=O) groups is 1. The van der Waals surface area contributed by atoms with Gasteiger partial charge >= 0.3 is 0 Å². The molecule has 1 unspecified atom stereocenters. The Morgan fingerprint density at radius 2 is 1.90 bits per heavy atom. The zero-order valence-corrected chi connectivity index (χ0v) is 12.2. The largest absolute Gasteiger partial charge is 0.379 e. The Balaban J connectivity index is 1.78. The van der Waals surface area contributed by atoms with E-state index in [9.17, 15) is 4.79 Å². The Hall–Kier alpha value is -2.29. The van der Waals surface area contributed by atoms with Gasteiger partial charge in [-0.2, -0.15) is 0 Å². The van der Waals surface area contributed by atoms with Gasteiger partial charge in [-0.1, -0.05) is 30.3 Å². The lowest BCUT2D eigenvalue weighted by atomic mass is 10.1. The van der Waals surface area contributed by atoms with Crippen LogP contribution in [0.15, 0.2) is 48.5 Å². The summed E-state index contributed by atoms with van der Waals surface area (Å²) in [6, 6.07) is 16.8. The van der Waals surface area contributed by atoms with Crippen molar-refractivity contribution in [3.8, 4) is 0 Å². The number of nitrogens with one attached hydrogen (secondary N) is 2. The number of hydrogen-bond donors (Lipinski definition) is 2. The van der Waals surface area contributed by atoms with Gasteiger partial charge in [0.05, 0.1) is 0 Å². The van der Waals surface area contributed by atoms with E-state index < -0.39 is 0 Å². The molecule has 0 aromatic heterocycles. The molecular formula is C18H20N2O. The molecule has 0 aliphatic carbocycles. The molecule has 0 saturated carbocycles. The first-order valence-electron chi connectivity index (χ1n) is 7.46. The third-order valence-corrected chi connectivity index (χ3v) is 3.91. The summed E-state index contributed by atoms with van der Waals surface area (Å²) in [5.74, 6) is 0.118. The molecule has 0 fully saturated rings. The quantitative estimate of drug-likeness (QED) is 0.887. The first-order chi connectivity index (χ1) is 10.2. The van der Waals surface area contributed by atoms with Crippen molar-refractivity contribution >= 4 is 17.3 Å². The minimum Gasteiger partial charge on any atom is -0.379 e. The van der Waals surface area contributed by atoms with Crippen molar-refractivity contribution in [3.63, 3.8) is 0 Å². The number of amides is 1. The number of rotatable bonds is 3. The smallest absolute Gasteiger partial charge is 0.224 e. The van der Waals surface area contributed by atoms with E-state index in [0.717, 1.165) is 24.2 Å². The Bertz CT molecular complexity index is 637. The normalized spacial score (nSPS) is 15.6. The molecule has 108 valence electrons. The van der Waals surface area contributed by atoms with E-state index in [1.54, 1.807) is 0 Å². The van der Waals surface area contributed by atoms with Crippen LogP contribution in [0.5, 0.6) is 0 Å². The maximum absolute atomic E-state index is 11.6. The molecule has 1 amide bonds. The highest BCUT2D eigenvalue weighted by Crippen LogP contribution is 2.27. The third kappa shape index (κ3) is 3.24. The number of hydrogen-bond acceptors (Lipinski definition) is 2. The van der Waals surface area contributed by atoms with Crippen LogP contribution in [0.25, 0.3) is 0 Å². The van der Waals surface area contributed by atoms with Crippen molar-refractivity contribution in [3.05, 3.63) is 59.7 Å². The Morgan fingerprint density at radius 3 is 2.71 bits per heavy atom. The van der Waals surface area contributed by atoms with Crippen LogP contribution >= 0.6 is 0 Å². The number of aryl methyl sites for hydroxylation is 1. The number of fused-ring (bicyclic) bond motifs is 1. The zero-order valence-electron chi connectivity index (χ0n) is 12.2. The summed E-state index contributed by atoms with van der Waals surface area (Å²) in [6.07, 6.45) is 2.47. The van der Waals surface area contributed by atoms with E-state index >= 15 is 0 Å². The van der Waals surface area contributed by atoms with Crippen LogP contribution in [0.1, 0.15) is 36.9 Å². The molecule has 0 bridgehead atoms. The maximum atomic E-state index is 11.6. The van der Waals surface area contributed by atoms with Gasteiger partial charge in [0.2, 0.25) is 5.91 Å². The first-order valence-corrected chi connectivity index (χ1v) is 7.46. The molecule has 3 heteroatoms. The molecule has 2 aromatic rings. The Labute approximate surface area is 125 Å². The summed E-state index contributed by atoms with van der Waals surface area (Å²) < 4.78 is 0. The summed E-state index contributed by atoms with van der Waals surface area (Å²) in [6.45, 7) is 2.16. The van der Waals surface area contributed by atoms with Crippen LogP contribution in [0.4, 0.5) is 11.4 Å². The Kier molecular flexibility index (Phi) is 3.91. The summed E-state index contributed by atoms with van der Waals surface area (Å²) in [5, 5.41) is 6.50. The summed E-state index contributed by atoms with van der Waals surface area (Å²) in [7, 11) is 0. The molecule has 3 rings (SSSR count). The van der Waals surface area contributed by atoms with E-state index in [1.165, 1.54) is 11.1 Å². The summed E-state index contributed by atoms with van der Waals surface area (Å²) >= 11 is 0. The van der Waals surface area contributed by atoms with Crippen LogP contribution in [-0.2, 0) is 11.2 Å². The van der Waals surface area contributed by atoms with E-state index in [2.05, 4.69) is 47.9 Å². The first kappa shape index (κ1) is 13.7. The molecule has 1 atom stereocenters. The number of carbonyl (C=O) groups excluding carboxylic acids is 1. The van der Waals surface area contributed by atoms with Gasteiger partial charge in [0, 0.05) is 23.8 Å². The maximum Gasteiger partial charge on any atom is 0.224 e. The second kappa shape index (κ2) is 6.00. The minimum atomic E-state index is 0.118. The number of anilines is 2. The second-order valence-corrected chi connectivity index (χ2v) is 5.55. The lowest BCUT2D eigenvalue weighted by Gasteiger charge is -2.17. The molecule has 0 saturated heterocycles. The van der Waals surface area contributed by atoms with Crippen molar-refractivity contribution in [2.24, 2.45) is 0 Å². The van der Waals surface area contributed by atoms with E-state index in [4.69, 9.17) is 0 Å². The fraction of sp³-hybridized carbons (Fsp3) is 0.278. The van der Waals surface area contributed by atoms with Gasteiger partial charge in [0.1, 0.15) is 0 Å². The van der Waals surface area contributed by atoms with Crippen LogP contribution in [0, 0.1) is 0 Å². The molecule has 2 aromatic carbocycles. The highest BCUT2D eigenvalue weighted by molar-refractivity contribution is 5.92. The van der Waals surface area contributed by atoms with Gasteiger partial charge in [0.15, 0.2) is 0 Å². The van der Waals surface area contributed by atoms with Crippen molar-refractivity contribution in [1.82, 2.24) is 0 Å². The molecule has 1 aliphatic heterocycles. The summed E-state index contributed by atoms with van der Waals surface area (Å²) in [5.41, 5.74) is 4.53. The van der Waals surface area contributed by atoms with E-state index in [0.29, 0.717) is 6.42 Å². The van der Waals surface area contributed by atoms with Gasteiger partial charge in [0.25, 0.3) is 0 Å². The van der Waals surface area contributed by atoms with E-state index in [1.807, 2.05) is 18.2 Å². The van der Waals surface area contributed by atoms with Crippen LogP contribution in [-0.4, -0.2) is 5.91 Å². The molecule has 0 spiro atoms. The van der Waals surface area contributed by atoms with E-state index in [-0.39, 0.29) is 11.9 Å². The molecule has 2 N–H and O–H groups in total. The topological polar surface area (TPSA) is 41.1 Å². The van der Waals surface area contributed by atoms with Crippen molar-refractivity contribution in [2.45, 2.75) is 32.2 Å². The molecule has 0 radical (unpaired) electrons. The highest BCUT2D eigenvalue weighted by atomic mass is 16.1. The zero-order chi connectivity index (χ0) is 14.7. The van der Waals surface area contributed by atoms with Crippen molar-refractivity contribution < 1.29 is 4.79 Å². The Morgan fingerprint density at radius 1 is 1.10 bits per heavy atom. The molecule has 21 heavy (non-hydrogen) atoms. The van der Waals surface area contributed by atoms with Crippen LogP contribution < -0.4 is 10.6 Å². The van der Waals surface area contributed by atoms with Gasteiger partial charge < -0.3 is 10.6 Å². The van der Waals surface area contributed by atoms with Gasteiger partial charge in [-0.05, 0) is 49.1 Å². The SMILES string of the molecule is CC(Nc1ccc2c(c1)CCCC(=O)N2)c1ccccc1. The summed E-state index contributed by atoms with van der Waals surface area (Å²) in [4.78, 5) is 11.6. The molecule has 3 nitrogen and oxygen atoms in total. The van der Waals surface area contributed by atoms with Crippen molar-refractivity contribution in [2.75, 3.05) is 10.6 Å². The predicted octanol–water partition coefficient (Wildman–Crippen LogP) is 4.13. The molecular weight excluding hydrogens is 260 g/mol. The predicted molar refractivity (Wildman–Crippen MR) is 86.5 cm³/mol. The minimum absolute atomic E-state index is 0.118. The van der Waals surface area contributed by atoms with Gasteiger partial charge in [-0.15, -0.1) is 0 Å². The fourth-order valence-corrected chi connectivity index (χ4v) is 2.74. The lowest BCUT2D eigenvalue weighted by Crippen LogP contribution is -2.10. The standard InChI is InChI=1S/C18H20N2O/c1-13(14-6-3-2-4-7-14)19-16-10-11-17-15(12-16)8-5-9-18(21)20-17/h2-4,6-7,10-13,19H,5,8-9H2,1H3,(H,20,21). The average Bonchev–Trinajstić information content (AvgIpc) is 2.68. The lowest BCUT2D eigenvalue weighted by molar-refractivity contribution is -0.116. The van der Waals surface area contributed by atoms with Crippen LogP contribution in [0.3, 0.4) is 0 Å². The average molecular weight is 280 g/mol. The second-order valence-electron chi connectivity index (χ2n) is 5.55. The highest BCUT2D eigenvalue weighted by Gasteiger charge is 2.13. The molecule has 1 heterocycles. The van der Waals surface area contributed by atoms with Gasteiger partial charge in [-0.25, -0.2) is 0 Å². The fourth-order valence-electron chi connectivity index (χ4n) is 2.74. The monoisotopic (exact) mass is 280 g/mol. The van der Waals surface area contributed by atoms with Gasteiger partial charge in [-0.3, -0.25) is 4.79 Å². The molecule has 1 aliphatic rings.